The van der Waals surface area contributed by atoms with Gasteiger partial charge in [-0.05, 0) is 55.6 Å². The summed E-state index contributed by atoms with van der Waals surface area (Å²) >= 11 is 0. The number of hydrogen-bond donors (Lipinski definition) is 3. The Bertz CT molecular complexity index is 562. The Morgan fingerprint density at radius 2 is 2.14 bits per heavy atom. The van der Waals surface area contributed by atoms with Gasteiger partial charge < -0.3 is 10.4 Å². The van der Waals surface area contributed by atoms with Crippen molar-refractivity contribution in [2.24, 2.45) is 5.92 Å². The van der Waals surface area contributed by atoms with Gasteiger partial charge in [-0.1, -0.05) is 12.1 Å². The van der Waals surface area contributed by atoms with E-state index >= 15 is 0 Å². The van der Waals surface area contributed by atoms with Crippen molar-refractivity contribution in [3.8, 4) is 0 Å². The number of benzene rings is 1. The van der Waals surface area contributed by atoms with Crippen LogP contribution in [-0.4, -0.2) is 39.9 Å². The Hall–Kier alpha value is -1.85. The molecular weight excluding hydrogens is 276 g/mol. The van der Waals surface area contributed by atoms with Crippen molar-refractivity contribution in [3.05, 3.63) is 47.8 Å². The third-order valence-corrected chi connectivity index (χ3v) is 4.34. The van der Waals surface area contributed by atoms with Crippen LogP contribution in [0.2, 0.25) is 0 Å². The van der Waals surface area contributed by atoms with Gasteiger partial charge in [-0.15, -0.1) is 0 Å². The third kappa shape index (κ3) is 4.08. The van der Waals surface area contributed by atoms with Gasteiger partial charge in [0.05, 0.1) is 12.2 Å². The van der Waals surface area contributed by atoms with Crippen LogP contribution in [-0.2, 0) is 13.1 Å². The fourth-order valence-electron chi connectivity index (χ4n) is 2.95. The minimum atomic E-state index is 0.334. The summed E-state index contributed by atoms with van der Waals surface area (Å²) in [7, 11) is 0. The molecule has 2 heterocycles. The Morgan fingerprint density at radius 3 is 2.86 bits per heavy atom. The monoisotopic (exact) mass is 300 g/mol. The van der Waals surface area contributed by atoms with Gasteiger partial charge in [0.1, 0.15) is 0 Å². The normalized spacial score (nSPS) is 16.8. The quantitative estimate of drug-likeness (QED) is 0.765. The van der Waals surface area contributed by atoms with Crippen LogP contribution in [0.25, 0.3) is 0 Å². The van der Waals surface area contributed by atoms with E-state index < -0.39 is 0 Å². The van der Waals surface area contributed by atoms with Crippen LogP contribution in [0.4, 0.5) is 5.69 Å². The van der Waals surface area contributed by atoms with Crippen molar-refractivity contribution < 1.29 is 5.11 Å². The topological polar surface area (TPSA) is 64.2 Å². The second kappa shape index (κ2) is 7.42. The molecule has 3 N–H and O–H groups in total. The molecule has 1 aliphatic rings. The van der Waals surface area contributed by atoms with Crippen LogP contribution in [0, 0.1) is 5.92 Å². The summed E-state index contributed by atoms with van der Waals surface area (Å²) in [4.78, 5) is 2.47. The first-order valence-corrected chi connectivity index (χ1v) is 7.98. The van der Waals surface area contributed by atoms with Crippen molar-refractivity contribution in [2.45, 2.75) is 25.9 Å². The molecule has 0 radical (unpaired) electrons. The summed E-state index contributed by atoms with van der Waals surface area (Å²) in [5, 5.41) is 19.5. The second-order valence-corrected chi connectivity index (χ2v) is 6.04. The molecule has 1 aromatic heterocycles. The average Bonchev–Trinajstić information content (AvgIpc) is 3.08. The number of nitrogens with one attached hydrogen (secondary N) is 2. The van der Waals surface area contributed by atoms with E-state index in [1.165, 1.54) is 5.56 Å². The predicted molar refractivity (Wildman–Crippen MR) is 87.4 cm³/mol. The fourth-order valence-corrected chi connectivity index (χ4v) is 2.95. The number of nitrogens with zero attached hydrogens (tertiary/aromatic N) is 2. The Kier molecular flexibility index (Phi) is 5.08. The molecule has 0 saturated carbocycles. The van der Waals surface area contributed by atoms with Crippen molar-refractivity contribution in [1.82, 2.24) is 15.1 Å². The number of likely N-dealkylation sites (tertiary alicyclic amines) is 1. The average molecular weight is 300 g/mol. The molecule has 0 atom stereocenters. The predicted octanol–water partition coefficient (Wildman–Crippen LogP) is 2.23. The van der Waals surface area contributed by atoms with Crippen molar-refractivity contribution in [2.75, 3.05) is 25.0 Å². The number of aliphatic hydroxyl groups is 1. The lowest BCUT2D eigenvalue weighted by Gasteiger charge is -2.31. The summed E-state index contributed by atoms with van der Waals surface area (Å²) in [6.45, 7) is 4.23. The third-order valence-electron chi connectivity index (χ3n) is 4.34. The summed E-state index contributed by atoms with van der Waals surface area (Å²) in [6, 6.07) is 10.6. The van der Waals surface area contributed by atoms with Gasteiger partial charge in [0.25, 0.3) is 0 Å². The van der Waals surface area contributed by atoms with Crippen molar-refractivity contribution in [1.29, 1.82) is 0 Å². The number of rotatable bonds is 6. The number of aromatic nitrogens is 2. The van der Waals surface area contributed by atoms with Crippen molar-refractivity contribution in [3.63, 3.8) is 0 Å². The lowest BCUT2D eigenvalue weighted by Crippen LogP contribution is -2.34. The maximum atomic E-state index is 9.21. The molecule has 0 amide bonds. The van der Waals surface area contributed by atoms with E-state index in [1.54, 1.807) is 6.20 Å². The smallest absolute Gasteiger partial charge is 0.0567 e. The van der Waals surface area contributed by atoms with E-state index in [-0.39, 0.29) is 0 Å². The van der Waals surface area contributed by atoms with Gasteiger partial charge in [-0.3, -0.25) is 10.00 Å². The summed E-state index contributed by atoms with van der Waals surface area (Å²) in [5.74, 6) is 0.499. The fraction of sp³-hybridized carbons (Fsp3) is 0.471. The van der Waals surface area contributed by atoms with Crippen LogP contribution in [0.15, 0.2) is 36.5 Å². The molecule has 1 fully saturated rings. The zero-order valence-electron chi connectivity index (χ0n) is 12.8. The first-order chi connectivity index (χ1) is 10.8. The zero-order chi connectivity index (χ0) is 15.2. The number of anilines is 1. The van der Waals surface area contributed by atoms with E-state index in [2.05, 4.69) is 44.7 Å². The number of aromatic amines is 1. The van der Waals surface area contributed by atoms with Crippen LogP contribution in [0.3, 0.4) is 0 Å². The standard InChI is InChI=1S/C17H24N4O/c22-13-14-5-8-21(9-6-14)12-15-2-1-3-16(10-15)18-11-17-4-7-19-20-17/h1-4,7,10,14,18,22H,5-6,8-9,11-13H2,(H,19,20). The first-order valence-electron chi connectivity index (χ1n) is 7.98. The molecular formula is C17H24N4O. The number of H-pyrrole nitrogens is 1. The molecule has 0 spiro atoms. The number of hydrogen-bond acceptors (Lipinski definition) is 4. The Morgan fingerprint density at radius 1 is 1.27 bits per heavy atom. The van der Waals surface area contributed by atoms with Crippen LogP contribution >= 0.6 is 0 Å². The van der Waals surface area contributed by atoms with Crippen molar-refractivity contribution >= 4 is 5.69 Å². The molecule has 118 valence electrons. The molecule has 1 aromatic carbocycles. The highest BCUT2D eigenvalue weighted by atomic mass is 16.3. The first kappa shape index (κ1) is 15.1. The van der Waals surface area contributed by atoms with E-state index in [4.69, 9.17) is 0 Å². The van der Waals surface area contributed by atoms with E-state index in [0.29, 0.717) is 12.5 Å². The maximum Gasteiger partial charge on any atom is 0.0567 e. The molecule has 0 aliphatic carbocycles. The van der Waals surface area contributed by atoms with Gasteiger partial charge in [-0.2, -0.15) is 5.10 Å². The van der Waals surface area contributed by atoms with Crippen LogP contribution in [0.5, 0.6) is 0 Å². The summed E-state index contributed by atoms with van der Waals surface area (Å²) in [5.41, 5.74) is 3.55. The van der Waals surface area contributed by atoms with Gasteiger partial charge in [0, 0.05) is 25.0 Å². The SMILES string of the molecule is OCC1CCN(Cc2cccc(NCc3ccn[nH]3)c2)CC1. The largest absolute Gasteiger partial charge is 0.396 e. The number of piperidine rings is 1. The molecule has 1 saturated heterocycles. The summed E-state index contributed by atoms with van der Waals surface area (Å²) in [6.07, 6.45) is 3.98. The highest BCUT2D eigenvalue weighted by Crippen LogP contribution is 2.19. The lowest BCUT2D eigenvalue weighted by atomic mass is 9.97. The Balaban J connectivity index is 1.52. The minimum Gasteiger partial charge on any atom is -0.396 e. The van der Waals surface area contributed by atoms with Gasteiger partial charge in [-0.25, -0.2) is 0 Å². The maximum absolute atomic E-state index is 9.21. The molecule has 0 bridgehead atoms. The zero-order valence-corrected chi connectivity index (χ0v) is 12.8. The lowest BCUT2D eigenvalue weighted by molar-refractivity contribution is 0.127. The van der Waals surface area contributed by atoms with Gasteiger partial charge in [0.2, 0.25) is 0 Å². The second-order valence-electron chi connectivity index (χ2n) is 6.04. The molecule has 22 heavy (non-hydrogen) atoms. The van der Waals surface area contributed by atoms with Gasteiger partial charge >= 0.3 is 0 Å². The molecule has 1 aliphatic heterocycles. The molecule has 5 nitrogen and oxygen atoms in total. The number of aliphatic hydroxyl groups excluding tert-OH is 1. The summed E-state index contributed by atoms with van der Waals surface area (Å²) < 4.78 is 0. The molecule has 2 aromatic rings. The highest BCUT2D eigenvalue weighted by Gasteiger charge is 2.18. The van der Waals surface area contributed by atoms with E-state index in [1.807, 2.05) is 6.07 Å². The molecule has 3 rings (SSSR count). The molecule has 0 unspecified atom stereocenters. The van der Waals surface area contributed by atoms with Gasteiger partial charge in [0.15, 0.2) is 0 Å². The van der Waals surface area contributed by atoms with Crippen LogP contribution in [0.1, 0.15) is 24.1 Å². The van der Waals surface area contributed by atoms with E-state index in [9.17, 15) is 5.11 Å². The molecule has 5 heteroatoms. The Labute approximate surface area is 131 Å². The highest BCUT2D eigenvalue weighted by molar-refractivity contribution is 5.45. The minimum absolute atomic E-state index is 0.334. The van der Waals surface area contributed by atoms with E-state index in [0.717, 1.165) is 50.4 Å². The van der Waals surface area contributed by atoms with Crippen LogP contribution < -0.4 is 5.32 Å².